The zero-order valence-corrected chi connectivity index (χ0v) is 20.2. The van der Waals surface area contributed by atoms with Crippen LogP contribution in [0.1, 0.15) is 31.9 Å². The largest absolute Gasteiger partial charge is 0.488 e. The van der Waals surface area contributed by atoms with Crippen molar-refractivity contribution in [3.63, 3.8) is 0 Å². The third-order valence-corrected chi connectivity index (χ3v) is 5.33. The lowest BCUT2D eigenvalue weighted by molar-refractivity contribution is -0.138. The molecule has 0 aliphatic heterocycles. The van der Waals surface area contributed by atoms with Gasteiger partial charge in [0.05, 0.1) is 29.3 Å². The van der Waals surface area contributed by atoms with Crippen LogP contribution in [-0.4, -0.2) is 17.6 Å². The van der Waals surface area contributed by atoms with Crippen LogP contribution in [0, 0.1) is 22.6 Å². The minimum absolute atomic E-state index is 0.0717. The van der Waals surface area contributed by atoms with Crippen molar-refractivity contribution in [2.75, 3.05) is 17.2 Å². The Morgan fingerprint density at radius 3 is 2.43 bits per heavy atom. The summed E-state index contributed by atoms with van der Waals surface area (Å²) in [4.78, 5) is 26.7. The van der Waals surface area contributed by atoms with E-state index in [4.69, 9.17) is 10.00 Å². The number of carbonyl (C=O) groups excluding carboxylic acids is 1. The molecule has 1 aromatic heterocycles. The van der Waals surface area contributed by atoms with Gasteiger partial charge >= 0.3 is 12.2 Å². The van der Waals surface area contributed by atoms with Crippen molar-refractivity contribution < 1.29 is 27.1 Å². The molecule has 2 amide bonds. The molecule has 0 aliphatic carbocycles. The molecule has 0 aliphatic rings. The molecule has 0 saturated carbocycles. The number of urea groups is 1. The summed E-state index contributed by atoms with van der Waals surface area (Å²) in [6.45, 7) is 5.04. The van der Waals surface area contributed by atoms with Crippen LogP contribution in [0.4, 0.5) is 33.7 Å². The van der Waals surface area contributed by atoms with Crippen molar-refractivity contribution in [3.05, 3.63) is 76.0 Å². The Hall–Kier alpha value is -4.33. The van der Waals surface area contributed by atoms with E-state index in [-0.39, 0.29) is 35.7 Å². The highest BCUT2D eigenvalue weighted by molar-refractivity contribution is 6.00. The molecule has 2 aromatic carbocycles. The predicted octanol–water partition coefficient (Wildman–Crippen LogP) is 6.33. The molecule has 0 bridgehead atoms. The third-order valence-electron chi connectivity index (χ3n) is 5.33. The van der Waals surface area contributed by atoms with Crippen LogP contribution < -0.4 is 20.9 Å². The number of nitrogens with one attached hydrogen (secondary N) is 3. The summed E-state index contributed by atoms with van der Waals surface area (Å²) in [7, 11) is 0. The average molecular weight is 516 g/mol. The minimum Gasteiger partial charge on any atom is -0.488 e. The van der Waals surface area contributed by atoms with Gasteiger partial charge in [0.15, 0.2) is 5.75 Å². The quantitative estimate of drug-likeness (QED) is 0.319. The second-order valence-electron chi connectivity index (χ2n) is 8.83. The summed E-state index contributed by atoms with van der Waals surface area (Å²) >= 11 is 0. The molecule has 3 aromatic rings. The van der Waals surface area contributed by atoms with Gasteiger partial charge in [0.25, 0.3) is 5.56 Å². The van der Waals surface area contributed by atoms with Gasteiger partial charge in [0.2, 0.25) is 0 Å². The highest BCUT2D eigenvalue weighted by Gasteiger charge is 2.35. The molecule has 194 valence electrons. The molecule has 3 rings (SSSR count). The van der Waals surface area contributed by atoms with Gasteiger partial charge in [-0.3, -0.25) is 4.79 Å². The van der Waals surface area contributed by atoms with E-state index >= 15 is 0 Å². The molecule has 37 heavy (non-hydrogen) atoms. The summed E-state index contributed by atoms with van der Waals surface area (Å²) in [5.41, 5.74) is -2.01. The Labute approximate surface area is 210 Å². The van der Waals surface area contributed by atoms with Crippen LogP contribution in [-0.2, 0) is 12.6 Å². The number of anilines is 2. The van der Waals surface area contributed by atoms with Gasteiger partial charge in [0.1, 0.15) is 5.82 Å². The fourth-order valence-corrected chi connectivity index (χ4v) is 3.56. The molecule has 0 fully saturated rings. The Bertz CT molecular complexity index is 1410. The molecule has 0 radical (unpaired) electrons. The molecule has 0 unspecified atom stereocenters. The molecule has 0 atom stereocenters. The fraction of sp³-hybridized carbons (Fsp3) is 0.269. The summed E-state index contributed by atoms with van der Waals surface area (Å²) in [6, 6.07) is 9.64. The Balaban J connectivity index is 1.78. The Kier molecular flexibility index (Phi) is 7.91. The maximum absolute atomic E-state index is 14.7. The van der Waals surface area contributed by atoms with Crippen LogP contribution in [0.2, 0.25) is 0 Å². The summed E-state index contributed by atoms with van der Waals surface area (Å²) in [6.07, 6.45) is -3.45. The number of benzene rings is 2. The maximum Gasteiger partial charge on any atom is 0.416 e. The third kappa shape index (κ3) is 6.88. The lowest BCUT2D eigenvalue weighted by Crippen LogP contribution is -2.21. The molecule has 1 heterocycles. The number of alkyl halides is 3. The first-order valence-electron chi connectivity index (χ1n) is 11.2. The first-order chi connectivity index (χ1) is 17.3. The van der Waals surface area contributed by atoms with Crippen LogP contribution in [0.5, 0.6) is 5.75 Å². The summed E-state index contributed by atoms with van der Waals surface area (Å²) < 4.78 is 60.8. The van der Waals surface area contributed by atoms with Crippen molar-refractivity contribution in [2.24, 2.45) is 5.41 Å². The van der Waals surface area contributed by atoms with Gasteiger partial charge in [-0.2, -0.15) is 18.4 Å². The molecule has 0 saturated heterocycles. The van der Waals surface area contributed by atoms with Crippen molar-refractivity contribution >= 4 is 17.4 Å². The Morgan fingerprint density at radius 2 is 1.81 bits per heavy atom. The number of pyridine rings is 1. The predicted molar refractivity (Wildman–Crippen MR) is 131 cm³/mol. The van der Waals surface area contributed by atoms with Gasteiger partial charge in [-0.25, -0.2) is 9.18 Å². The van der Waals surface area contributed by atoms with Gasteiger partial charge in [0, 0.05) is 17.4 Å². The fourth-order valence-electron chi connectivity index (χ4n) is 3.56. The Morgan fingerprint density at radius 1 is 1.08 bits per heavy atom. The van der Waals surface area contributed by atoms with Crippen LogP contribution in [0.25, 0.3) is 11.1 Å². The van der Waals surface area contributed by atoms with Gasteiger partial charge < -0.3 is 20.4 Å². The molecule has 7 nitrogen and oxygen atoms in total. The number of amides is 2. The van der Waals surface area contributed by atoms with E-state index in [1.54, 1.807) is 6.92 Å². The molecule has 0 spiro atoms. The summed E-state index contributed by atoms with van der Waals surface area (Å²) in [5.74, 6) is -0.732. The van der Waals surface area contributed by atoms with E-state index in [0.717, 1.165) is 12.1 Å². The number of H-pyrrole nitrogens is 1. The van der Waals surface area contributed by atoms with Crippen molar-refractivity contribution in [3.8, 4) is 22.9 Å². The standard InChI is InChI=1S/C26H24F4N4O3/c1-4-37-22-10-17(13-32-23(22)35)15-6-8-21(20(27)9-15)34-24(36)33-18-7-5-16(12-25(2,3)14-31)19(11-18)26(28,29)30/h5-11,13H,4,12H2,1-3H3,(H,32,35)(H2,33,34,36). The van der Waals surface area contributed by atoms with Gasteiger partial charge in [-0.05, 0) is 68.7 Å². The molecular formula is C26H24F4N4O3. The smallest absolute Gasteiger partial charge is 0.416 e. The van der Waals surface area contributed by atoms with Crippen LogP contribution in [0.15, 0.2) is 53.5 Å². The number of ether oxygens (including phenoxy) is 1. The number of carbonyl (C=O) groups is 1. The van der Waals surface area contributed by atoms with Crippen molar-refractivity contribution in [2.45, 2.75) is 33.4 Å². The molecular weight excluding hydrogens is 492 g/mol. The molecule has 3 N–H and O–H groups in total. The second-order valence-corrected chi connectivity index (χ2v) is 8.83. The average Bonchev–Trinajstić information content (AvgIpc) is 2.82. The monoisotopic (exact) mass is 516 g/mol. The van der Waals surface area contributed by atoms with Crippen LogP contribution >= 0.6 is 0 Å². The number of hydrogen-bond donors (Lipinski definition) is 3. The zero-order chi connectivity index (χ0) is 27.4. The normalized spacial score (nSPS) is 11.5. The zero-order valence-electron chi connectivity index (χ0n) is 20.2. The van der Waals surface area contributed by atoms with Crippen molar-refractivity contribution in [1.82, 2.24) is 4.98 Å². The van der Waals surface area contributed by atoms with E-state index in [2.05, 4.69) is 15.6 Å². The lowest BCUT2D eigenvalue weighted by Gasteiger charge is -2.20. The number of aromatic amines is 1. The van der Waals surface area contributed by atoms with Gasteiger partial charge in [-0.1, -0.05) is 12.1 Å². The first-order valence-corrected chi connectivity index (χ1v) is 11.2. The van der Waals surface area contributed by atoms with Crippen LogP contribution in [0.3, 0.4) is 0 Å². The lowest BCUT2D eigenvalue weighted by atomic mass is 9.85. The van der Waals surface area contributed by atoms with E-state index in [9.17, 15) is 27.2 Å². The summed E-state index contributed by atoms with van der Waals surface area (Å²) in [5, 5.41) is 13.7. The van der Waals surface area contributed by atoms with E-state index in [1.165, 1.54) is 50.4 Å². The van der Waals surface area contributed by atoms with Crippen molar-refractivity contribution in [1.29, 1.82) is 5.26 Å². The molecule has 11 heteroatoms. The second kappa shape index (κ2) is 10.7. The SMILES string of the molecule is CCOc1cc(-c2ccc(NC(=O)Nc3ccc(CC(C)(C)C#N)c(C(F)(F)F)c3)c(F)c2)c[nH]c1=O. The minimum atomic E-state index is -4.71. The number of halogens is 4. The topological polar surface area (TPSA) is 107 Å². The number of nitrogens with zero attached hydrogens (tertiary/aromatic N) is 1. The van der Waals surface area contributed by atoms with E-state index in [1.807, 2.05) is 6.07 Å². The maximum atomic E-state index is 14.7. The highest BCUT2D eigenvalue weighted by Crippen LogP contribution is 2.36. The highest BCUT2D eigenvalue weighted by atomic mass is 19.4. The number of hydrogen-bond acceptors (Lipinski definition) is 4. The number of nitriles is 1. The number of rotatable bonds is 7. The van der Waals surface area contributed by atoms with Gasteiger partial charge in [-0.15, -0.1) is 0 Å². The first kappa shape index (κ1) is 27.3. The number of aromatic nitrogens is 1. The van der Waals surface area contributed by atoms with E-state index in [0.29, 0.717) is 11.1 Å². The van der Waals surface area contributed by atoms with E-state index < -0.39 is 34.6 Å².